The average Bonchev–Trinajstić information content (AvgIpc) is 3.90. The summed E-state index contributed by atoms with van der Waals surface area (Å²) in [7, 11) is 0. The normalized spacial score (nSPS) is 21.2. The van der Waals surface area contributed by atoms with Crippen LogP contribution in [0.4, 0.5) is 0 Å². The Morgan fingerprint density at radius 3 is 1.22 bits per heavy atom. The molecule has 2 fully saturated rings. The SMILES string of the molecule is CCCCCCC(O)CC1OC1CCCCCCCC(=O)[O-].CCCCCCC(O)CC1OC1CCCCCCCC(=O)[O-].[Ba+2]. The van der Waals surface area contributed by atoms with E-state index in [0.717, 1.165) is 116 Å². The summed E-state index contributed by atoms with van der Waals surface area (Å²) in [6, 6.07) is 0. The van der Waals surface area contributed by atoms with Gasteiger partial charge < -0.3 is 39.5 Å². The minimum atomic E-state index is -0.942. The summed E-state index contributed by atoms with van der Waals surface area (Å²) in [5.41, 5.74) is 0. The van der Waals surface area contributed by atoms with E-state index in [1.54, 1.807) is 0 Å². The summed E-state index contributed by atoms with van der Waals surface area (Å²) in [4.78, 5) is 20.5. The van der Waals surface area contributed by atoms with Crippen molar-refractivity contribution in [3.8, 4) is 0 Å². The fraction of sp³-hybridized carbons (Fsp3) is 0.944. The zero-order chi connectivity index (χ0) is 32.4. The molecule has 0 aromatic carbocycles. The number of carboxylic acids is 2. The van der Waals surface area contributed by atoms with Crippen molar-refractivity contribution in [2.45, 2.75) is 217 Å². The number of aliphatic hydroxyl groups is 2. The zero-order valence-electron chi connectivity index (χ0n) is 28.9. The van der Waals surface area contributed by atoms with E-state index in [0.29, 0.717) is 12.2 Å². The number of unbranched alkanes of at least 4 members (excludes halogenated alkanes) is 14. The van der Waals surface area contributed by atoms with Crippen LogP contribution in [0.15, 0.2) is 0 Å². The van der Waals surface area contributed by atoms with Crippen molar-refractivity contribution >= 4 is 60.8 Å². The maximum absolute atomic E-state index is 10.3. The van der Waals surface area contributed by atoms with Crippen molar-refractivity contribution in [2.24, 2.45) is 0 Å². The molecule has 6 unspecified atom stereocenters. The molecular formula is C36H66BaO8. The quantitative estimate of drug-likeness (QED) is 0.0552. The predicted octanol–water partition coefficient (Wildman–Crippen LogP) is 5.53. The van der Waals surface area contributed by atoms with Gasteiger partial charge in [0.1, 0.15) is 0 Å². The first-order chi connectivity index (χ1) is 21.3. The van der Waals surface area contributed by atoms with Gasteiger partial charge in [-0.25, -0.2) is 0 Å². The van der Waals surface area contributed by atoms with Gasteiger partial charge in [-0.3, -0.25) is 0 Å². The van der Waals surface area contributed by atoms with Gasteiger partial charge in [-0.1, -0.05) is 117 Å². The van der Waals surface area contributed by atoms with E-state index >= 15 is 0 Å². The first kappa shape index (κ1) is 45.4. The number of hydrogen-bond acceptors (Lipinski definition) is 8. The second-order valence-corrected chi connectivity index (χ2v) is 13.3. The Labute approximate surface area is 315 Å². The van der Waals surface area contributed by atoms with Crippen LogP contribution in [0.2, 0.25) is 0 Å². The van der Waals surface area contributed by atoms with E-state index < -0.39 is 11.9 Å². The van der Waals surface area contributed by atoms with E-state index in [2.05, 4.69) is 13.8 Å². The number of epoxide rings is 2. The maximum Gasteiger partial charge on any atom is 2.00 e. The van der Waals surface area contributed by atoms with E-state index in [-0.39, 0.29) is 86.1 Å². The molecule has 6 atom stereocenters. The molecule has 260 valence electrons. The van der Waals surface area contributed by atoms with Gasteiger partial charge in [0.15, 0.2) is 0 Å². The first-order valence-corrected chi connectivity index (χ1v) is 18.3. The Bertz CT molecular complexity index is 651. The third-order valence-electron chi connectivity index (χ3n) is 8.90. The Morgan fingerprint density at radius 1 is 0.533 bits per heavy atom. The zero-order valence-corrected chi connectivity index (χ0v) is 33.3. The third kappa shape index (κ3) is 29.0. The molecule has 2 aliphatic rings. The Kier molecular flexibility index (Phi) is 30.7. The molecular weight excluding hydrogens is 698 g/mol. The van der Waals surface area contributed by atoms with Crippen LogP contribution in [0.25, 0.3) is 0 Å². The van der Waals surface area contributed by atoms with Crippen LogP contribution >= 0.6 is 0 Å². The number of aliphatic hydroxyl groups excluding tert-OH is 2. The standard InChI is InChI=1S/2C18H34O4.Ba/c2*1-2-3-4-8-11-15(19)14-17-16(22-17)12-9-6-5-7-10-13-18(20)21;/h2*15-17,19H,2-14H2,1H3,(H,20,21);/q;;+2/p-2. The van der Waals surface area contributed by atoms with Gasteiger partial charge in [-0.05, 0) is 51.4 Å². The van der Waals surface area contributed by atoms with Gasteiger partial charge in [-0.15, -0.1) is 0 Å². The van der Waals surface area contributed by atoms with Crippen molar-refractivity contribution in [3.05, 3.63) is 0 Å². The number of rotatable bonds is 30. The van der Waals surface area contributed by atoms with Crippen molar-refractivity contribution in [2.75, 3.05) is 0 Å². The fourth-order valence-corrected chi connectivity index (χ4v) is 5.96. The van der Waals surface area contributed by atoms with Crippen LogP contribution in [0.5, 0.6) is 0 Å². The van der Waals surface area contributed by atoms with Crippen molar-refractivity contribution < 1.29 is 39.5 Å². The largest absolute Gasteiger partial charge is 2.00 e. The number of hydrogen-bond donors (Lipinski definition) is 2. The molecule has 2 rings (SSSR count). The Hall–Kier alpha value is 0.351. The van der Waals surface area contributed by atoms with Crippen LogP contribution in [-0.4, -0.2) is 108 Å². The summed E-state index contributed by atoms with van der Waals surface area (Å²) in [5, 5.41) is 40.4. The van der Waals surface area contributed by atoms with E-state index in [9.17, 15) is 30.0 Å². The number of carbonyl (C=O) groups is 2. The second kappa shape index (κ2) is 30.4. The summed E-state index contributed by atoms with van der Waals surface area (Å²) in [6.45, 7) is 4.39. The van der Waals surface area contributed by atoms with Gasteiger partial charge in [-0.2, -0.15) is 0 Å². The van der Waals surface area contributed by atoms with Gasteiger partial charge >= 0.3 is 48.9 Å². The number of carboxylic acid groups (broad SMARTS) is 2. The molecule has 0 radical (unpaired) electrons. The number of aliphatic carboxylic acids is 2. The van der Waals surface area contributed by atoms with Crippen molar-refractivity contribution in [1.29, 1.82) is 0 Å². The van der Waals surface area contributed by atoms with Gasteiger partial charge in [0.2, 0.25) is 0 Å². The fourth-order valence-electron chi connectivity index (χ4n) is 5.96. The third-order valence-corrected chi connectivity index (χ3v) is 8.90. The second-order valence-electron chi connectivity index (χ2n) is 13.3. The Balaban J connectivity index is 0.000000842. The summed E-state index contributed by atoms with van der Waals surface area (Å²) in [6.07, 6.45) is 26.6. The molecule has 0 saturated carbocycles. The van der Waals surface area contributed by atoms with Gasteiger partial charge in [0.25, 0.3) is 0 Å². The monoisotopic (exact) mass is 764 g/mol. The molecule has 0 aromatic heterocycles. The molecule has 0 amide bonds. The van der Waals surface area contributed by atoms with Crippen molar-refractivity contribution in [1.82, 2.24) is 0 Å². The summed E-state index contributed by atoms with van der Waals surface area (Å²) < 4.78 is 11.3. The van der Waals surface area contributed by atoms with Crippen LogP contribution in [-0.2, 0) is 19.1 Å². The first-order valence-electron chi connectivity index (χ1n) is 18.3. The van der Waals surface area contributed by atoms with Crippen LogP contribution in [0, 0.1) is 0 Å². The van der Waals surface area contributed by atoms with Crippen molar-refractivity contribution in [3.63, 3.8) is 0 Å². The van der Waals surface area contributed by atoms with E-state index in [1.807, 2.05) is 0 Å². The van der Waals surface area contributed by atoms with Gasteiger partial charge in [0.05, 0.1) is 36.6 Å². The smallest absolute Gasteiger partial charge is 0.550 e. The van der Waals surface area contributed by atoms with Crippen LogP contribution in [0.1, 0.15) is 181 Å². The molecule has 2 N–H and O–H groups in total. The summed E-state index contributed by atoms with van der Waals surface area (Å²) in [5.74, 6) is -1.88. The topological polar surface area (TPSA) is 146 Å². The van der Waals surface area contributed by atoms with Gasteiger partial charge in [0, 0.05) is 24.8 Å². The molecule has 0 bridgehead atoms. The van der Waals surface area contributed by atoms with E-state index in [4.69, 9.17) is 9.47 Å². The molecule has 2 saturated heterocycles. The predicted molar refractivity (Wildman–Crippen MR) is 176 cm³/mol. The molecule has 0 aliphatic carbocycles. The molecule has 2 heterocycles. The number of ether oxygens (including phenoxy) is 2. The van der Waals surface area contributed by atoms with E-state index in [1.165, 1.54) is 38.5 Å². The molecule has 0 aromatic rings. The van der Waals surface area contributed by atoms with Crippen LogP contribution < -0.4 is 10.2 Å². The minimum Gasteiger partial charge on any atom is -0.550 e. The molecule has 2 aliphatic heterocycles. The Morgan fingerprint density at radius 2 is 0.867 bits per heavy atom. The maximum atomic E-state index is 10.3. The average molecular weight is 764 g/mol. The van der Waals surface area contributed by atoms with Crippen LogP contribution in [0.3, 0.4) is 0 Å². The summed E-state index contributed by atoms with van der Waals surface area (Å²) >= 11 is 0. The molecule has 0 spiro atoms. The molecule has 45 heavy (non-hydrogen) atoms. The minimum absolute atomic E-state index is 0. The number of carbonyl (C=O) groups excluding carboxylic acids is 2. The molecule has 9 heteroatoms. The molecule has 8 nitrogen and oxygen atoms in total.